The Balaban J connectivity index is 2.11. The molecular formula is C8H13N3O. The van der Waals surface area contributed by atoms with Gasteiger partial charge in [0.2, 0.25) is 0 Å². The van der Waals surface area contributed by atoms with Gasteiger partial charge in [0.15, 0.2) is 5.76 Å². The van der Waals surface area contributed by atoms with Gasteiger partial charge in [-0.15, -0.1) is 0 Å². The van der Waals surface area contributed by atoms with Gasteiger partial charge in [-0.25, -0.2) is 0 Å². The van der Waals surface area contributed by atoms with Gasteiger partial charge >= 0.3 is 0 Å². The molecular weight excluding hydrogens is 154 g/mol. The third kappa shape index (κ3) is 1.35. The van der Waals surface area contributed by atoms with Crippen molar-refractivity contribution in [1.29, 1.82) is 0 Å². The van der Waals surface area contributed by atoms with Crippen LogP contribution in [0.15, 0.2) is 10.6 Å². The predicted octanol–water partition coefficient (Wildman–Crippen LogP) is 0.558. The third-order valence-electron chi connectivity index (χ3n) is 2.19. The zero-order valence-electron chi connectivity index (χ0n) is 6.92. The van der Waals surface area contributed by atoms with E-state index in [-0.39, 0.29) is 0 Å². The Bertz CT molecular complexity index is 253. The van der Waals surface area contributed by atoms with Gasteiger partial charge in [-0.05, 0) is 19.4 Å². The molecule has 1 fully saturated rings. The highest BCUT2D eigenvalue weighted by Crippen LogP contribution is 2.23. The molecule has 2 heterocycles. The van der Waals surface area contributed by atoms with E-state index in [9.17, 15) is 0 Å². The molecule has 1 aromatic heterocycles. The van der Waals surface area contributed by atoms with Gasteiger partial charge < -0.3 is 15.6 Å². The average Bonchev–Trinajstić information content (AvgIpc) is 2.75. The van der Waals surface area contributed by atoms with Gasteiger partial charge in [0.05, 0.1) is 11.7 Å². The van der Waals surface area contributed by atoms with Crippen LogP contribution in [0, 0.1) is 0 Å². The zero-order chi connectivity index (χ0) is 8.39. The van der Waals surface area contributed by atoms with E-state index in [1.54, 1.807) is 0 Å². The van der Waals surface area contributed by atoms with Gasteiger partial charge in [-0.3, -0.25) is 0 Å². The van der Waals surface area contributed by atoms with E-state index in [0.29, 0.717) is 12.6 Å². The first-order valence-corrected chi connectivity index (χ1v) is 4.29. The molecule has 1 aliphatic rings. The summed E-state index contributed by atoms with van der Waals surface area (Å²) in [5.74, 6) is 0.924. The molecule has 0 spiro atoms. The van der Waals surface area contributed by atoms with E-state index in [4.69, 9.17) is 10.3 Å². The molecule has 1 saturated heterocycles. The van der Waals surface area contributed by atoms with Crippen LogP contribution >= 0.6 is 0 Å². The summed E-state index contributed by atoms with van der Waals surface area (Å²) in [5, 5.41) is 7.17. The van der Waals surface area contributed by atoms with Crippen LogP contribution in [0.4, 0.5) is 0 Å². The van der Waals surface area contributed by atoms with E-state index in [0.717, 1.165) is 24.4 Å². The Morgan fingerprint density at radius 3 is 3.25 bits per heavy atom. The largest absolute Gasteiger partial charge is 0.359 e. The Labute approximate surface area is 71.1 Å². The van der Waals surface area contributed by atoms with Crippen molar-refractivity contribution < 1.29 is 4.52 Å². The summed E-state index contributed by atoms with van der Waals surface area (Å²) in [4.78, 5) is 0. The molecule has 0 aromatic carbocycles. The standard InChI is InChI=1S/C8H13N3O/c9-5-6-4-8(12-11-6)7-2-1-3-10-7/h4,7,10H,1-3,5,9H2. The number of hydrogen-bond acceptors (Lipinski definition) is 4. The summed E-state index contributed by atoms with van der Waals surface area (Å²) in [6.45, 7) is 1.53. The maximum Gasteiger partial charge on any atom is 0.153 e. The molecule has 1 aromatic rings. The van der Waals surface area contributed by atoms with Crippen LogP contribution in [0.1, 0.15) is 30.3 Å². The van der Waals surface area contributed by atoms with Crippen molar-refractivity contribution >= 4 is 0 Å². The lowest BCUT2D eigenvalue weighted by atomic mass is 10.2. The second-order valence-corrected chi connectivity index (χ2v) is 3.07. The van der Waals surface area contributed by atoms with Crippen LogP contribution in [0.3, 0.4) is 0 Å². The summed E-state index contributed by atoms with van der Waals surface area (Å²) in [6, 6.07) is 2.29. The highest BCUT2D eigenvalue weighted by molar-refractivity contribution is 5.10. The lowest BCUT2D eigenvalue weighted by molar-refractivity contribution is 0.347. The Morgan fingerprint density at radius 2 is 2.67 bits per heavy atom. The van der Waals surface area contributed by atoms with Crippen LogP contribution in [-0.2, 0) is 6.54 Å². The van der Waals surface area contributed by atoms with Crippen molar-refractivity contribution in [3.05, 3.63) is 17.5 Å². The maximum absolute atomic E-state index is 5.42. The molecule has 0 radical (unpaired) electrons. The molecule has 66 valence electrons. The number of nitrogens with two attached hydrogens (primary N) is 1. The monoisotopic (exact) mass is 167 g/mol. The lowest BCUT2D eigenvalue weighted by Gasteiger charge is -2.02. The molecule has 0 bridgehead atoms. The summed E-state index contributed by atoms with van der Waals surface area (Å²) in [7, 11) is 0. The molecule has 0 amide bonds. The maximum atomic E-state index is 5.42. The molecule has 3 N–H and O–H groups in total. The molecule has 12 heavy (non-hydrogen) atoms. The van der Waals surface area contributed by atoms with Gasteiger partial charge in [-0.2, -0.15) is 0 Å². The topological polar surface area (TPSA) is 64.1 Å². The fourth-order valence-electron chi connectivity index (χ4n) is 1.52. The molecule has 0 saturated carbocycles. The van der Waals surface area contributed by atoms with E-state index >= 15 is 0 Å². The van der Waals surface area contributed by atoms with Gasteiger partial charge in [0.25, 0.3) is 0 Å². The van der Waals surface area contributed by atoms with Crippen LogP contribution in [0.25, 0.3) is 0 Å². The summed E-state index contributed by atoms with van der Waals surface area (Å²) in [5.41, 5.74) is 6.25. The van der Waals surface area contributed by atoms with Crippen LogP contribution in [-0.4, -0.2) is 11.7 Å². The van der Waals surface area contributed by atoms with Crippen LogP contribution < -0.4 is 11.1 Å². The Kier molecular flexibility index (Phi) is 2.10. The summed E-state index contributed by atoms with van der Waals surface area (Å²) in [6.07, 6.45) is 2.35. The van der Waals surface area contributed by atoms with Crippen molar-refractivity contribution in [3.8, 4) is 0 Å². The van der Waals surface area contributed by atoms with E-state index in [1.165, 1.54) is 6.42 Å². The quantitative estimate of drug-likeness (QED) is 0.675. The van der Waals surface area contributed by atoms with Crippen molar-refractivity contribution in [1.82, 2.24) is 10.5 Å². The van der Waals surface area contributed by atoms with Gasteiger partial charge in [0, 0.05) is 12.6 Å². The van der Waals surface area contributed by atoms with Crippen molar-refractivity contribution in [2.45, 2.75) is 25.4 Å². The number of nitrogens with one attached hydrogen (secondary N) is 1. The van der Waals surface area contributed by atoms with Crippen molar-refractivity contribution in [2.75, 3.05) is 6.54 Å². The minimum absolute atomic E-state index is 0.359. The van der Waals surface area contributed by atoms with E-state index < -0.39 is 0 Å². The van der Waals surface area contributed by atoms with Crippen molar-refractivity contribution in [3.63, 3.8) is 0 Å². The van der Waals surface area contributed by atoms with Gasteiger partial charge in [0.1, 0.15) is 0 Å². The first-order chi connectivity index (χ1) is 5.90. The van der Waals surface area contributed by atoms with Gasteiger partial charge in [-0.1, -0.05) is 5.16 Å². The Hall–Kier alpha value is -0.870. The lowest BCUT2D eigenvalue weighted by Crippen LogP contribution is -2.11. The number of nitrogens with zero attached hydrogens (tertiary/aromatic N) is 1. The zero-order valence-corrected chi connectivity index (χ0v) is 6.92. The SMILES string of the molecule is NCc1cc(C2CCCN2)on1. The molecule has 4 nitrogen and oxygen atoms in total. The normalized spacial score (nSPS) is 23.2. The second-order valence-electron chi connectivity index (χ2n) is 3.07. The third-order valence-corrected chi connectivity index (χ3v) is 2.19. The summed E-state index contributed by atoms with van der Waals surface area (Å²) >= 11 is 0. The molecule has 1 aliphatic heterocycles. The molecule has 0 aliphatic carbocycles. The molecule has 4 heteroatoms. The van der Waals surface area contributed by atoms with E-state index in [2.05, 4.69) is 10.5 Å². The molecule has 1 atom stereocenters. The van der Waals surface area contributed by atoms with Crippen LogP contribution in [0.5, 0.6) is 0 Å². The number of aromatic nitrogens is 1. The fourth-order valence-corrected chi connectivity index (χ4v) is 1.52. The number of hydrogen-bond donors (Lipinski definition) is 2. The summed E-state index contributed by atoms with van der Waals surface area (Å²) < 4.78 is 5.15. The highest BCUT2D eigenvalue weighted by Gasteiger charge is 2.19. The average molecular weight is 167 g/mol. The minimum Gasteiger partial charge on any atom is -0.359 e. The smallest absolute Gasteiger partial charge is 0.153 e. The van der Waals surface area contributed by atoms with Crippen molar-refractivity contribution in [2.24, 2.45) is 5.73 Å². The predicted molar refractivity (Wildman–Crippen MR) is 44.4 cm³/mol. The molecule has 2 rings (SSSR count). The fraction of sp³-hybridized carbons (Fsp3) is 0.625. The Morgan fingerprint density at radius 1 is 1.75 bits per heavy atom. The molecule has 1 unspecified atom stereocenters. The minimum atomic E-state index is 0.359. The number of rotatable bonds is 2. The highest BCUT2D eigenvalue weighted by atomic mass is 16.5. The van der Waals surface area contributed by atoms with Crippen LogP contribution in [0.2, 0.25) is 0 Å². The van der Waals surface area contributed by atoms with E-state index in [1.807, 2.05) is 6.07 Å². The first-order valence-electron chi connectivity index (χ1n) is 4.29. The first kappa shape index (κ1) is 7.76. The second kappa shape index (κ2) is 3.25.